The summed E-state index contributed by atoms with van der Waals surface area (Å²) >= 11 is 0. The lowest BCUT2D eigenvalue weighted by Gasteiger charge is -2.35. The van der Waals surface area contributed by atoms with Gasteiger partial charge < -0.3 is 10.0 Å². The van der Waals surface area contributed by atoms with Crippen molar-refractivity contribution in [1.29, 1.82) is 10.5 Å². The van der Waals surface area contributed by atoms with E-state index in [9.17, 15) is 20.4 Å². The van der Waals surface area contributed by atoms with Crippen molar-refractivity contribution in [3.63, 3.8) is 0 Å². The molecule has 0 spiro atoms. The van der Waals surface area contributed by atoms with Crippen LogP contribution in [0.4, 0.5) is 5.69 Å². The lowest BCUT2D eigenvalue weighted by molar-refractivity contribution is 0.0951. The van der Waals surface area contributed by atoms with Crippen molar-refractivity contribution in [3.05, 3.63) is 102 Å². The smallest absolute Gasteiger partial charge is 0.185 e. The van der Waals surface area contributed by atoms with Crippen LogP contribution < -0.4 is 4.90 Å². The normalized spacial score (nSPS) is 22.3. The number of anilines is 1. The van der Waals surface area contributed by atoms with Crippen molar-refractivity contribution in [2.24, 2.45) is 5.41 Å². The zero-order valence-electron chi connectivity index (χ0n) is 17.1. The van der Waals surface area contributed by atoms with E-state index in [0.29, 0.717) is 11.1 Å². The summed E-state index contributed by atoms with van der Waals surface area (Å²) in [5.41, 5.74) is 1.32. The van der Waals surface area contributed by atoms with Crippen LogP contribution in [0.1, 0.15) is 27.4 Å². The molecule has 0 aromatic heterocycles. The summed E-state index contributed by atoms with van der Waals surface area (Å²) in [6.45, 7) is 0. The summed E-state index contributed by atoms with van der Waals surface area (Å²) in [6, 6.07) is 26.3. The zero-order chi connectivity index (χ0) is 22.3. The number of nitrogens with zero attached hydrogens (tertiary/aromatic N) is 3. The zero-order valence-corrected chi connectivity index (χ0v) is 17.1. The Balaban J connectivity index is 1.80. The van der Waals surface area contributed by atoms with Crippen molar-refractivity contribution in [2.45, 2.75) is 18.0 Å². The Bertz CT molecular complexity index is 1300. The third kappa shape index (κ3) is 2.72. The molecule has 3 atom stereocenters. The third-order valence-electron chi connectivity index (χ3n) is 6.47. The number of hydrogen-bond acceptors (Lipinski definition) is 5. The molecule has 5 heteroatoms. The molecule has 2 aliphatic rings. The maximum absolute atomic E-state index is 14.0. The van der Waals surface area contributed by atoms with Crippen molar-refractivity contribution in [2.75, 3.05) is 4.90 Å². The molecule has 0 amide bonds. The van der Waals surface area contributed by atoms with E-state index in [1.807, 2.05) is 47.4 Å². The summed E-state index contributed by atoms with van der Waals surface area (Å²) in [4.78, 5) is 15.9. The first kappa shape index (κ1) is 19.6. The maximum atomic E-state index is 14.0. The lowest BCUT2D eigenvalue weighted by Crippen LogP contribution is -2.44. The predicted molar refractivity (Wildman–Crippen MR) is 121 cm³/mol. The lowest BCUT2D eigenvalue weighted by atomic mass is 9.69. The molecule has 1 N–H and O–H groups in total. The van der Waals surface area contributed by atoms with Crippen LogP contribution in [0.2, 0.25) is 0 Å². The number of para-hydroxylation sites is 1. The molecule has 32 heavy (non-hydrogen) atoms. The van der Waals surface area contributed by atoms with Gasteiger partial charge in [0.25, 0.3) is 0 Å². The molecule has 0 bridgehead atoms. The number of phenolic OH excluding ortho intramolecular Hbond substituents is 1. The number of benzene rings is 3. The summed E-state index contributed by atoms with van der Waals surface area (Å²) in [5, 5.41) is 30.9. The number of Topliss-reactive ketones (excluding diaryl/α,β-unsaturated/α-hetero) is 1. The minimum atomic E-state index is -1.52. The van der Waals surface area contributed by atoms with Gasteiger partial charge in [0.05, 0.1) is 18.2 Å². The van der Waals surface area contributed by atoms with E-state index < -0.39 is 23.4 Å². The van der Waals surface area contributed by atoms with E-state index in [2.05, 4.69) is 12.1 Å². The first-order valence-corrected chi connectivity index (χ1v) is 10.4. The van der Waals surface area contributed by atoms with Crippen LogP contribution in [0, 0.1) is 28.1 Å². The minimum absolute atomic E-state index is 0.0269. The topological polar surface area (TPSA) is 88.1 Å². The molecule has 3 aromatic rings. The van der Waals surface area contributed by atoms with Gasteiger partial charge in [-0.15, -0.1) is 0 Å². The number of nitriles is 2. The van der Waals surface area contributed by atoms with E-state index in [-0.39, 0.29) is 11.5 Å². The molecule has 0 saturated carbocycles. The molecular weight excluding hydrogens is 398 g/mol. The summed E-state index contributed by atoms with van der Waals surface area (Å²) in [5.74, 6) is -0.904. The van der Waals surface area contributed by atoms with Crippen LogP contribution >= 0.6 is 0 Å². The van der Waals surface area contributed by atoms with Crippen LogP contribution in [0.25, 0.3) is 6.08 Å². The first-order valence-electron chi connectivity index (χ1n) is 10.4. The van der Waals surface area contributed by atoms with E-state index >= 15 is 0 Å². The second-order valence-electron chi connectivity index (χ2n) is 8.11. The van der Waals surface area contributed by atoms with E-state index in [1.165, 1.54) is 6.07 Å². The first-order chi connectivity index (χ1) is 15.6. The largest absolute Gasteiger partial charge is 0.508 e. The maximum Gasteiger partial charge on any atom is 0.185 e. The molecule has 5 nitrogen and oxygen atoms in total. The number of hydrogen-bond donors (Lipinski definition) is 1. The fraction of sp³-hybridized carbons (Fsp3) is 0.148. The molecule has 2 aliphatic heterocycles. The van der Waals surface area contributed by atoms with Gasteiger partial charge in [0.15, 0.2) is 11.2 Å². The quantitative estimate of drug-likeness (QED) is 0.626. The molecule has 3 unspecified atom stereocenters. The van der Waals surface area contributed by atoms with E-state index in [0.717, 1.165) is 11.3 Å². The highest BCUT2D eigenvalue weighted by Crippen LogP contribution is 2.55. The minimum Gasteiger partial charge on any atom is -0.508 e. The third-order valence-corrected chi connectivity index (χ3v) is 6.47. The predicted octanol–water partition coefficient (Wildman–Crippen LogP) is 4.68. The monoisotopic (exact) mass is 417 g/mol. The van der Waals surface area contributed by atoms with E-state index in [4.69, 9.17) is 0 Å². The number of carbonyl (C=O) groups excluding carboxylic acids is 1. The number of carbonyl (C=O) groups is 1. The standard InChI is InChI=1S/C27H19N3O2/c28-16-27(17-29)23-14-13-18-7-4-5-12-22(18)30(23)25(26(32)19-8-2-1-3-9-19)24(27)20-10-6-11-21(31)15-20/h1-15,23-25,31H. The van der Waals surface area contributed by atoms with Crippen molar-refractivity contribution >= 4 is 17.5 Å². The summed E-state index contributed by atoms with van der Waals surface area (Å²) < 4.78 is 0. The highest BCUT2D eigenvalue weighted by molar-refractivity contribution is 6.04. The van der Waals surface area contributed by atoms with Crippen LogP contribution in [-0.2, 0) is 0 Å². The van der Waals surface area contributed by atoms with Crippen LogP contribution in [0.5, 0.6) is 5.75 Å². The van der Waals surface area contributed by atoms with Crippen LogP contribution in [0.3, 0.4) is 0 Å². The summed E-state index contributed by atoms with van der Waals surface area (Å²) in [7, 11) is 0. The highest BCUT2D eigenvalue weighted by atomic mass is 16.3. The molecule has 5 rings (SSSR count). The fourth-order valence-corrected chi connectivity index (χ4v) is 5.10. The molecule has 2 heterocycles. The molecule has 0 radical (unpaired) electrons. The molecular formula is C27H19N3O2. The van der Waals surface area contributed by atoms with Crippen molar-refractivity contribution < 1.29 is 9.90 Å². The van der Waals surface area contributed by atoms with Crippen molar-refractivity contribution in [1.82, 2.24) is 0 Å². The number of fused-ring (bicyclic) bond motifs is 3. The van der Waals surface area contributed by atoms with Gasteiger partial charge in [0.1, 0.15) is 11.8 Å². The van der Waals surface area contributed by atoms with E-state index in [1.54, 1.807) is 42.5 Å². The summed E-state index contributed by atoms with van der Waals surface area (Å²) in [6.07, 6.45) is 3.76. The second kappa shape index (κ2) is 7.41. The van der Waals surface area contributed by atoms with Gasteiger partial charge in [-0.2, -0.15) is 10.5 Å². The Morgan fingerprint density at radius 1 is 0.938 bits per heavy atom. The van der Waals surface area contributed by atoms with Crippen LogP contribution in [0.15, 0.2) is 84.9 Å². The van der Waals surface area contributed by atoms with Crippen molar-refractivity contribution in [3.8, 4) is 17.9 Å². The molecule has 1 saturated heterocycles. The number of aromatic hydroxyl groups is 1. The van der Waals surface area contributed by atoms with Gasteiger partial charge in [0, 0.05) is 17.2 Å². The SMILES string of the molecule is N#CC1(C#N)C(c2cccc(O)c2)C(C(=O)c2ccccc2)N2c3ccccc3C=CC21. The Kier molecular flexibility index (Phi) is 4.54. The molecule has 3 aromatic carbocycles. The second-order valence-corrected chi connectivity index (χ2v) is 8.11. The van der Waals surface area contributed by atoms with Gasteiger partial charge in [-0.05, 0) is 29.3 Å². The fourth-order valence-electron chi connectivity index (χ4n) is 5.10. The Morgan fingerprint density at radius 2 is 1.66 bits per heavy atom. The van der Waals surface area contributed by atoms with Crippen LogP contribution in [-0.4, -0.2) is 23.0 Å². The number of ketones is 1. The Labute approximate surface area is 186 Å². The van der Waals surface area contributed by atoms with Gasteiger partial charge in [-0.25, -0.2) is 0 Å². The highest BCUT2D eigenvalue weighted by Gasteiger charge is 2.63. The average molecular weight is 417 g/mol. The Morgan fingerprint density at radius 3 is 2.38 bits per heavy atom. The average Bonchev–Trinajstić information content (AvgIpc) is 3.15. The molecule has 1 fully saturated rings. The number of rotatable bonds is 3. The number of phenols is 1. The van der Waals surface area contributed by atoms with Gasteiger partial charge >= 0.3 is 0 Å². The van der Waals surface area contributed by atoms with Gasteiger partial charge in [0.2, 0.25) is 0 Å². The Hall–Kier alpha value is -4.35. The molecule has 0 aliphatic carbocycles. The van der Waals surface area contributed by atoms with Gasteiger partial charge in [-0.3, -0.25) is 4.79 Å². The van der Waals surface area contributed by atoms with Gasteiger partial charge in [-0.1, -0.05) is 72.8 Å². The molecule has 154 valence electrons.